The molecule has 0 aromatic heterocycles. The third kappa shape index (κ3) is 1.58. The molecule has 1 saturated carbocycles. The predicted octanol–water partition coefficient (Wildman–Crippen LogP) is 3.10. The highest BCUT2D eigenvalue weighted by Crippen LogP contribution is 2.51. The molecule has 2 aliphatic carbocycles. The van der Waals surface area contributed by atoms with Crippen molar-refractivity contribution in [3.63, 3.8) is 0 Å². The Balaban J connectivity index is 1.69. The van der Waals surface area contributed by atoms with Gasteiger partial charge in [0.25, 0.3) is 0 Å². The summed E-state index contributed by atoms with van der Waals surface area (Å²) >= 11 is 0. The Bertz CT molecular complexity index is 392. The number of hydrogen-bond acceptors (Lipinski definition) is 1. The third-order valence-electron chi connectivity index (χ3n) is 4.71. The molecule has 0 spiro atoms. The van der Waals surface area contributed by atoms with Crippen LogP contribution in [0.5, 0.6) is 0 Å². The highest BCUT2D eigenvalue weighted by molar-refractivity contribution is 5.40. The second-order valence-corrected chi connectivity index (χ2v) is 5.83. The lowest BCUT2D eigenvalue weighted by atomic mass is 9.72. The minimum atomic E-state index is 0.597. The van der Waals surface area contributed by atoms with E-state index in [-0.39, 0.29) is 0 Å². The van der Waals surface area contributed by atoms with Gasteiger partial charge < -0.3 is 5.32 Å². The molecule has 0 bridgehead atoms. The van der Waals surface area contributed by atoms with Gasteiger partial charge in [-0.3, -0.25) is 0 Å². The molecule has 1 aromatic carbocycles. The molecule has 3 rings (SSSR count). The van der Waals surface area contributed by atoms with Crippen molar-refractivity contribution in [2.75, 3.05) is 7.05 Å². The van der Waals surface area contributed by atoms with Crippen LogP contribution < -0.4 is 5.32 Å². The molecule has 2 atom stereocenters. The van der Waals surface area contributed by atoms with Gasteiger partial charge in [-0.1, -0.05) is 31.2 Å². The van der Waals surface area contributed by atoms with Crippen molar-refractivity contribution in [3.05, 3.63) is 35.4 Å². The Kier molecular flexibility index (Phi) is 2.32. The van der Waals surface area contributed by atoms with Crippen molar-refractivity contribution in [2.45, 2.75) is 44.6 Å². The van der Waals surface area contributed by atoms with Crippen LogP contribution in [0.25, 0.3) is 0 Å². The number of fused-ring (bicyclic) bond motifs is 1. The molecule has 0 amide bonds. The summed E-state index contributed by atoms with van der Waals surface area (Å²) in [5.41, 5.74) is 3.77. The molecule has 0 heterocycles. The first-order valence-corrected chi connectivity index (χ1v) is 6.48. The fourth-order valence-corrected chi connectivity index (χ4v) is 3.15. The summed E-state index contributed by atoms with van der Waals surface area (Å²) in [7, 11) is 2.12. The molecule has 1 heteroatoms. The van der Waals surface area contributed by atoms with Gasteiger partial charge in [0.15, 0.2) is 0 Å². The number of hydrogen-bond donors (Lipinski definition) is 1. The molecular formula is C15H21N. The van der Waals surface area contributed by atoms with Crippen LogP contribution in [0.15, 0.2) is 24.3 Å². The summed E-state index contributed by atoms with van der Waals surface area (Å²) in [6.45, 7) is 2.43. The van der Waals surface area contributed by atoms with E-state index in [4.69, 9.17) is 0 Å². The van der Waals surface area contributed by atoms with E-state index < -0.39 is 0 Å². The maximum Gasteiger partial charge on any atom is 0.0124 e. The standard InChI is InChI=1S/C15H21N/c1-15(7-8-15)14(16-2)10-12-9-11-5-3-4-6-13(11)12/h3-6,12,14,16H,7-10H2,1-2H3. The first kappa shape index (κ1) is 10.3. The molecular weight excluding hydrogens is 194 g/mol. The minimum Gasteiger partial charge on any atom is -0.316 e. The first-order valence-electron chi connectivity index (χ1n) is 6.48. The summed E-state index contributed by atoms with van der Waals surface area (Å²) < 4.78 is 0. The van der Waals surface area contributed by atoms with E-state index in [1.54, 1.807) is 11.1 Å². The summed E-state index contributed by atoms with van der Waals surface area (Å²) in [4.78, 5) is 0. The Labute approximate surface area is 98.3 Å². The van der Waals surface area contributed by atoms with Crippen molar-refractivity contribution in [2.24, 2.45) is 5.41 Å². The molecule has 2 unspecified atom stereocenters. The van der Waals surface area contributed by atoms with Crippen molar-refractivity contribution < 1.29 is 0 Å². The molecule has 0 aliphatic heterocycles. The van der Waals surface area contributed by atoms with Gasteiger partial charge in [-0.2, -0.15) is 0 Å². The topological polar surface area (TPSA) is 12.0 Å². The number of benzene rings is 1. The van der Waals surface area contributed by atoms with Crippen LogP contribution >= 0.6 is 0 Å². The quantitative estimate of drug-likeness (QED) is 0.813. The van der Waals surface area contributed by atoms with Crippen LogP contribution in [-0.2, 0) is 6.42 Å². The molecule has 0 saturated heterocycles. The SMILES string of the molecule is CNC(CC1Cc2ccccc21)C1(C)CC1. The molecule has 2 aliphatic rings. The Morgan fingerprint density at radius 3 is 2.75 bits per heavy atom. The lowest BCUT2D eigenvalue weighted by Crippen LogP contribution is -2.37. The second kappa shape index (κ2) is 3.59. The van der Waals surface area contributed by atoms with Gasteiger partial charge in [-0.05, 0) is 55.2 Å². The fourth-order valence-electron chi connectivity index (χ4n) is 3.15. The zero-order valence-corrected chi connectivity index (χ0v) is 10.3. The van der Waals surface area contributed by atoms with E-state index in [2.05, 4.69) is 43.6 Å². The lowest BCUT2D eigenvalue weighted by Gasteiger charge is -2.35. The molecule has 16 heavy (non-hydrogen) atoms. The van der Waals surface area contributed by atoms with Gasteiger partial charge in [0.05, 0.1) is 0 Å². The Morgan fingerprint density at radius 1 is 1.38 bits per heavy atom. The summed E-state index contributed by atoms with van der Waals surface area (Å²) in [6.07, 6.45) is 5.44. The van der Waals surface area contributed by atoms with E-state index in [1.165, 1.54) is 25.7 Å². The normalized spacial score (nSPS) is 26.8. The van der Waals surface area contributed by atoms with Gasteiger partial charge in [0.2, 0.25) is 0 Å². The summed E-state index contributed by atoms with van der Waals surface area (Å²) in [5.74, 6) is 0.811. The van der Waals surface area contributed by atoms with Gasteiger partial charge >= 0.3 is 0 Å². The van der Waals surface area contributed by atoms with Crippen molar-refractivity contribution in [3.8, 4) is 0 Å². The Morgan fingerprint density at radius 2 is 2.12 bits per heavy atom. The first-order chi connectivity index (χ1) is 7.73. The van der Waals surface area contributed by atoms with Crippen molar-refractivity contribution >= 4 is 0 Å². The Hall–Kier alpha value is -0.820. The van der Waals surface area contributed by atoms with Crippen molar-refractivity contribution in [1.29, 1.82) is 0 Å². The largest absolute Gasteiger partial charge is 0.316 e. The fraction of sp³-hybridized carbons (Fsp3) is 0.600. The van der Waals surface area contributed by atoms with Crippen LogP contribution in [0.3, 0.4) is 0 Å². The average Bonchev–Trinajstić information content (AvgIpc) is 2.99. The molecule has 86 valence electrons. The van der Waals surface area contributed by atoms with Gasteiger partial charge in [-0.15, -0.1) is 0 Å². The van der Waals surface area contributed by atoms with Crippen molar-refractivity contribution in [1.82, 2.24) is 5.32 Å². The van der Waals surface area contributed by atoms with E-state index in [1.807, 2.05) is 0 Å². The molecule has 0 radical (unpaired) electrons. The average molecular weight is 215 g/mol. The predicted molar refractivity (Wildman–Crippen MR) is 67.7 cm³/mol. The molecule has 1 aromatic rings. The van der Waals surface area contributed by atoms with Crippen LogP contribution in [0.1, 0.15) is 43.2 Å². The smallest absolute Gasteiger partial charge is 0.0124 e. The molecule has 1 N–H and O–H groups in total. The van der Waals surface area contributed by atoms with Crippen LogP contribution in [0.2, 0.25) is 0 Å². The molecule has 1 nitrogen and oxygen atoms in total. The second-order valence-electron chi connectivity index (χ2n) is 5.83. The molecule has 1 fully saturated rings. The van der Waals surface area contributed by atoms with Gasteiger partial charge in [0.1, 0.15) is 0 Å². The highest BCUT2D eigenvalue weighted by Gasteiger charge is 2.45. The van der Waals surface area contributed by atoms with Crippen LogP contribution in [-0.4, -0.2) is 13.1 Å². The lowest BCUT2D eigenvalue weighted by molar-refractivity contribution is 0.324. The van der Waals surface area contributed by atoms with E-state index in [0.717, 1.165) is 5.92 Å². The maximum absolute atomic E-state index is 3.53. The van der Waals surface area contributed by atoms with E-state index in [9.17, 15) is 0 Å². The van der Waals surface area contributed by atoms with E-state index >= 15 is 0 Å². The maximum atomic E-state index is 3.53. The monoisotopic (exact) mass is 215 g/mol. The minimum absolute atomic E-state index is 0.597. The van der Waals surface area contributed by atoms with Gasteiger partial charge in [0, 0.05) is 6.04 Å². The zero-order chi connectivity index (χ0) is 11.2. The summed E-state index contributed by atoms with van der Waals surface area (Å²) in [5, 5.41) is 3.53. The third-order valence-corrected chi connectivity index (χ3v) is 4.71. The van der Waals surface area contributed by atoms with Crippen LogP contribution in [0, 0.1) is 5.41 Å². The van der Waals surface area contributed by atoms with E-state index in [0.29, 0.717) is 11.5 Å². The number of nitrogens with one attached hydrogen (secondary N) is 1. The highest BCUT2D eigenvalue weighted by atomic mass is 14.9. The van der Waals surface area contributed by atoms with Gasteiger partial charge in [-0.25, -0.2) is 0 Å². The van der Waals surface area contributed by atoms with Crippen LogP contribution in [0.4, 0.5) is 0 Å². The summed E-state index contributed by atoms with van der Waals surface area (Å²) in [6, 6.07) is 9.64. The number of rotatable bonds is 4. The zero-order valence-electron chi connectivity index (χ0n) is 10.3.